The van der Waals surface area contributed by atoms with Crippen LogP contribution >= 0.6 is 0 Å². The van der Waals surface area contributed by atoms with Gasteiger partial charge in [-0.05, 0) is 11.8 Å². The monoisotopic (exact) mass is 266 g/mol. The first-order chi connectivity index (χ1) is 8.33. The highest BCUT2D eigenvalue weighted by molar-refractivity contribution is 5.64. The molecule has 2 fully saturated rings. The van der Waals surface area contributed by atoms with Gasteiger partial charge < -0.3 is 9.99 Å². The van der Waals surface area contributed by atoms with E-state index in [-0.39, 0.29) is 0 Å². The summed E-state index contributed by atoms with van der Waals surface area (Å²) in [6.07, 6.45) is 7.41. The fourth-order valence-corrected chi connectivity index (χ4v) is 0.693. The van der Waals surface area contributed by atoms with E-state index in [2.05, 4.69) is 18.7 Å². The fourth-order valence-electron chi connectivity index (χ4n) is 0.693. The molecule has 0 unspecified atom stereocenters. The van der Waals surface area contributed by atoms with Crippen molar-refractivity contribution in [2.24, 2.45) is 11.8 Å². The average molecular weight is 266 g/mol. The standard InChI is InChI=1S/C5H10.C4H8.C2H4O3.C2H4O2/c1-2-5-3-4-5;1-4-2-3-4;1-2(3)5-4;1-2(3)4/h5H,2-4H2,1H3;4H,2-3H2,1H3;4H,1H3;1H3,(H,3,4)/i;;4+2,5+2;. The molecule has 5 heteroatoms. The predicted octanol–water partition coefficient (Wildman–Crippen LogP) is 3.34. The molecule has 2 rings (SSSR count). The van der Waals surface area contributed by atoms with Crippen LogP contribution in [0.1, 0.15) is 59.8 Å². The zero-order chi connectivity index (χ0) is 14.6. The van der Waals surface area contributed by atoms with Gasteiger partial charge in [0.2, 0.25) is 0 Å². The second-order valence-corrected chi connectivity index (χ2v) is 4.64. The van der Waals surface area contributed by atoms with Crippen molar-refractivity contribution >= 4 is 11.9 Å². The van der Waals surface area contributed by atoms with E-state index in [1.54, 1.807) is 0 Å². The molecular weight excluding hydrogens is 240 g/mol. The smallest absolute Gasteiger partial charge is 0.339 e. The first-order valence-corrected chi connectivity index (χ1v) is 6.34. The molecule has 0 spiro atoms. The molecule has 2 aliphatic carbocycles. The van der Waals surface area contributed by atoms with Gasteiger partial charge in [0, 0.05) is 13.8 Å². The van der Waals surface area contributed by atoms with Crippen LogP contribution in [-0.2, 0) is 14.5 Å². The maximum absolute atomic E-state index is 9.34. The minimum absolute atomic E-state index is 0.690. The molecule has 2 saturated carbocycles. The van der Waals surface area contributed by atoms with E-state index in [9.17, 15) is 4.79 Å². The Morgan fingerprint density at radius 1 is 1.22 bits per heavy atom. The number of hydrogen-bond donors (Lipinski definition) is 2. The quantitative estimate of drug-likeness (QED) is 0.432. The molecule has 18 heavy (non-hydrogen) atoms. The number of carboxylic acids is 1. The molecule has 0 aromatic heterocycles. The topological polar surface area (TPSA) is 83.8 Å². The molecule has 0 aliphatic heterocycles. The van der Waals surface area contributed by atoms with Crippen molar-refractivity contribution in [3.8, 4) is 0 Å². The van der Waals surface area contributed by atoms with E-state index in [4.69, 9.17) is 15.2 Å². The van der Waals surface area contributed by atoms with Crippen LogP contribution in [0.4, 0.5) is 0 Å². The van der Waals surface area contributed by atoms with Gasteiger partial charge in [0.25, 0.3) is 5.97 Å². The lowest BCUT2D eigenvalue weighted by Gasteiger charge is -1.76. The van der Waals surface area contributed by atoms with Crippen LogP contribution in [0.15, 0.2) is 0 Å². The fraction of sp³-hybridized carbons (Fsp3) is 0.846. The van der Waals surface area contributed by atoms with Gasteiger partial charge in [-0.3, -0.25) is 4.79 Å². The van der Waals surface area contributed by atoms with Crippen molar-refractivity contribution in [2.75, 3.05) is 0 Å². The van der Waals surface area contributed by atoms with E-state index in [1.165, 1.54) is 32.1 Å². The number of carboxylic acid groups (broad SMARTS) is 1. The molecule has 0 atom stereocenters. The highest BCUT2D eigenvalue weighted by Gasteiger charge is 2.17. The van der Waals surface area contributed by atoms with Gasteiger partial charge in [0.15, 0.2) is 0 Å². The summed E-state index contributed by atoms with van der Waals surface area (Å²) in [5.41, 5.74) is 0. The summed E-state index contributed by atoms with van der Waals surface area (Å²) in [5, 5.41) is 14.7. The average Bonchev–Trinajstić information content (AvgIpc) is 3.12. The van der Waals surface area contributed by atoms with Crippen molar-refractivity contribution in [3.63, 3.8) is 0 Å². The van der Waals surface area contributed by atoms with Crippen molar-refractivity contribution in [3.05, 3.63) is 0 Å². The first kappa shape index (κ1) is 19.2. The molecule has 2 aliphatic rings. The molecule has 2 N–H and O–H groups in total. The maximum Gasteiger partial charge on any atom is 0.339 e. The number of aliphatic carboxylic acids is 1. The Hall–Kier alpha value is -1.10. The molecular formula is C13H26O5. The van der Waals surface area contributed by atoms with Gasteiger partial charge in [-0.2, -0.15) is 5.26 Å². The Morgan fingerprint density at radius 2 is 1.50 bits per heavy atom. The lowest BCUT2D eigenvalue weighted by molar-refractivity contribution is -0.231. The Bertz CT molecular complexity index is 215. The lowest BCUT2D eigenvalue weighted by Crippen LogP contribution is -1.89. The largest absolute Gasteiger partial charge is 0.481 e. The second-order valence-electron chi connectivity index (χ2n) is 4.64. The SMILES string of the molecule is CC(=O)O.CC(=O)[18O][18OH].CC1CC1.CCC1CC1. The van der Waals surface area contributed by atoms with Crippen LogP contribution in [0, 0.1) is 11.8 Å². The van der Waals surface area contributed by atoms with Crippen LogP contribution in [0.25, 0.3) is 0 Å². The summed E-state index contributed by atoms with van der Waals surface area (Å²) in [4.78, 5) is 21.5. The van der Waals surface area contributed by atoms with Gasteiger partial charge in [0.05, 0.1) is 0 Å². The molecule has 0 amide bonds. The van der Waals surface area contributed by atoms with E-state index in [1.807, 2.05) is 0 Å². The lowest BCUT2D eigenvalue weighted by atomic mass is 10.3. The normalized spacial score (nSPS) is 15.6. The summed E-state index contributed by atoms with van der Waals surface area (Å²) in [6.45, 7) is 6.73. The summed E-state index contributed by atoms with van der Waals surface area (Å²) in [6, 6.07) is 0. The molecule has 108 valence electrons. The minimum atomic E-state index is -0.833. The maximum atomic E-state index is 9.34. The summed E-state index contributed by atoms with van der Waals surface area (Å²) < 4.78 is 0. The van der Waals surface area contributed by atoms with E-state index in [0.717, 1.165) is 25.7 Å². The third-order valence-electron chi connectivity index (χ3n) is 2.27. The number of rotatable bonds is 1. The van der Waals surface area contributed by atoms with Gasteiger partial charge in [-0.25, -0.2) is 4.79 Å². The Labute approximate surface area is 109 Å². The Morgan fingerprint density at radius 3 is 1.50 bits per heavy atom. The van der Waals surface area contributed by atoms with Gasteiger partial charge in [-0.15, -0.1) is 0 Å². The number of carbonyl (C=O) groups is 2. The second kappa shape index (κ2) is 12.4. The molecule has 0 bridgehead atoms. The van der Waals surface area contributed by atoms with Crippen LogP contribution in [0.5, 0.6) is 0 Å². The van der Waals surface area contributed by atoms with Gasteiger partial charge >= 0.3 is 5.97 Å². The molecule has 0 radical (unpaired) electrons. The van der Waals surface area contributed by atoms with E-state index < -0.39 is 11.9 Å². The predicted molar refractivity (Wildman–Crippen MR) is 69.1 cm³/mol. The third kappa shape index (κ3) is 36.3. The summed E-state index contributed by atoms with van der Waals surface area (Å²) >= 11 is 0. The van der Waals surface area contributed by atoms with E-state index in [0.29, 0.717) is 0 Å². The molecule has 0 aromatic rings. The Kier molecular flexibility index (Phi) is 13.2. The molecule has 0 aromatic carbocycles. The van der Waals surface area contributed by atoms with Gasteiger partial charge in [-0.1, -0.05) is 46.0 Å². The van der Waals surface area contributed by atoms with Crippen LogP contribution in [-0.4, -0.2) is 22.3 Å². The highest BCUT2D eigenvalue weighted by atomic mass is 19.1. The van der Waals surface area contributed by atoms with Crippen molar-refractivity contribution < 1.29 is 24.8 Å². The van der Waals surface area contributed by atoms with Crippen molar-refractivity contribution in [1.29, 1.82) is 0 Å². The van der Waals surface area contributed by atoms with Crippen LogP contribution in [0.3, 0.4) is 0 Å². The Balaban J connectivity index is 0. The zero-order valence-corrected chi connectivity index (χ0v) is 11.8. The third-order valence-corrected chi connectivity index (χ3v) is 2.27. The molecule has 0 heterocycles. The highest BCUT2D eigenvalue weighted by Crippen LogP contribution is 2.31. The van der Waals surface area contributed by atoms with Gasteiger partial charge in [0.1, 0.15) is 0 Å². The molecule has 0 saturated heterocycles. The van der Waals surface area contributed by atoms with Crippen molar-refractivity contribution in [1.82, 2.24) is 0 Å². The summed E-state index contributed by atoms with van der Waals surface area (Å²) in [5.74, 6) is 0.694. The van der Waals surface area contributed by atoms with Crippen molar-refractivity contribution in [2.45, 2.75) is 59.8 Å². The molecule has 5 nitrogen and oxygen atoms in total. The number of hydrogen-bond acceptors (Lipinski definition) is 4. The number of carbonyl (C=O) groups excluding carboxylic acids is 1. The minimum Gasteiger partial charge on any atom is -0.481 e. The summed E-state index contributed by atoms with van der Waals surface area (Å²) in [7, 11) is 0. The first-order valence-electron chi connectivity index (χ1n) is 6.34. The van der Waals surface area contributed by atoms with Crippen LogP contribution in [0.2, 0.25) is 0 Å². The van der Waals surface area contributed by atoms with E-state index >= 15 is 0 Å². The van der Waals surface area contributed by atoms with Crippen LogP contribution < -0.4 is 0 Å². The zero-order valence-electron chi connectivity index (χ0n) is 11.8.